The standard InChI is InChI=1S/C22H24N4O4S/c1-13(2)18(23-19(27)14-7-5-9-16(11-14)29-3)20(28)24-22-26-25-21(31-22)15-8-6-10-17(12-15)30-4/h5-13,18H,1-4H3,(H,23,27)(H,24,26,28). The second-order valence-electron chi connectivity index (χ2n) is 7.06. The lowest BCUT2D eigenvalue weighted by atomic mass is 10.0. The van der Waals surface area contributed by atoms with E-state index in [-0.39, 0.29) is 17.7 Å². The maximum absolute atomic E-state index is 12.9. The first-order valence-electron chi connectivity index (χ1n) is 9.65. The van der Waals surface area contributed by atoms with Gasteiger partial charge in [0.05, 0.1) is 14.2 Å². The third-order valence-corrected chi connectivity index (χ3v) is 5.43. The summed E-state index contributed by atoms with van der Waals surface area (Å²) in [6, 6.07) is 13.4. The number of anilines is 1. The predicted molar refractivity (Wildman–Crippen MR) is 120 cm³/mol. The molecule has 3 rings (SSSR count). The molecule has 1 aromatic heterocycles. The largest absolute Gasteiger partial charge is 0.497 e. The van der Waals surface area contributed by atoms with Gasteiger partial charge in [0.25, 0.3) is 5.91 Å². The van der Waals surface area contributed by atoms with Crippen LogP contribution in [0.4, 0.5) is 5.13 Å². The molecule has 0 spiro atoms. The normalized spacial score (nSPS) is 11.6. The number of nitrogens with zero attached hydrogens (tertiary/aromatic N) is 2. The average molecular weight is 441 g/mol. The Hall–Kier alpha value is -3.46. The van der Waals surface area contributed by atoms with Crippen molar-refractivity contribution in [3.05, 3.63) is 54.1 Å². The Labute approximate surface area is 184 Å². The lowest BCUT2D eigenvalue weighted by Crippen LogP contribution is -2.47. The van der Waals surface area contributed by atoms with E-state index in [1.807, 2.05) is 38.1 Å². The summed E-state index contributed by atoms with van der Waals surface area (Å²) >= 11 is 1.24. The van der Waals surface area contributed by atoms with Gasteiger partial charge in [0.2, 0.25) is 11.0 Å². The molecule has 0 radical (unpaired) electrons. The molecule has 0 saturated heterocycles. The van der Waals surface area contributed by atoms with Crippen molar-refractivity contribution in [1.29, 1.82) is 0 Å². The van der Waals surface area contributed by atoms with Crippen LogP contribution >= 0.6 is 11.3 Å². The van der Waals surface area contributed by atoms with Gasteiger partial charge >= 0.3 is 0 Å². The first kappa shape index (κ1) is 22.2. The van der Waals surface area contributed by atoms with Crippen molar-refractivity contribution in [3.63, 3.8) is 0 Å². The number of amides is 2. The minimum Gasteiger partial charge on any atom is -0.497 e. The molecule has 2 aromatic carbocycles. The Balaban J connectivity index is 1.71. The molecular formula is C22H24N4O4S. The van der Waals surface area contributed by atoms with Crippen molar-refractivity contribution < 1.29 is 19.1 Å². The number of hydrogen-bond donors (Lipinski definition) is 2. The SMILES string of the molecule is COc1cccc(C(=O)NC(C(=O)Nc2nnc(-c3cccc(OC)c3)s2)C(C)C)c1. The van der Waals surface area contributed by atoms with Gasteiger partial charge in [0.15, 0.2) is 0 Å². The number of rotatable bonds is 8. The van der Waals surface area contributed by atoms with Crippen molar-refractivity contribution in [1.82, 2.24) is 15.5 Å². The van der Waals surface area contributed by atoms with E-state index in [0.29, 0.717) is 27.2 Å². The van der Waals surface area contributed by atoms with Crippen LogP contribution in [0.1, 0.15) is 24.2 Å². The van der Waals surface area contributed by atoms with E-state index in [1.165, 1.54) is 18.4 Å². The minimum atomic E-state index is -0.747. The molecule has 0 aliphatic carbocycles. The van der Waals surface area contributed by atoms with E-state index in [9.17, 15) is 9.59 Å². The highest BCUT2D eigenvalue weighted by Crippen LogP contribution is 2.29. The summed E-state index contributed by atoms with van der Waals surface area (Å²) in [5.41, 5.74) is 1.25. The third-order valence-electron chi connectivity index (χ3n) is 4.54. The van der Waals surface area contributed by atoms with Gasteiger partial charge in [0, 0.05) is 11.1 Å². The van der Waals surface area contributed by atoms with Crippen LogP contribution in [0.3, 0.4) is 0 Å². The van der Waals surface area contributed by atoms with Crippen molar-refractivity contribution in [2.24, 2.45) is 5.92 Å². The minimum absolute atomic E-state index is 0.139. The Kier molecular flexibility index (Phi) is 7.19. The Morgan fingerprint density at radius 3 is 2.32 bits per heavy atom. The molecule has 0 fully saturated rings. The maximum atomic E-state index is 12.9. The van der Waals surface area contributed by atoms with Gasteiger partial charge in [-0.2, -0.15) is 0 Å². The van der Waals surface area contributed by atoms with E-state index < -0.39 is 6.04 Å². The Morgan fingerprint density at radius 1 is 0.968 bits per heavy atom. The van der Waals surface area contributed by atoms with Crippen LogP contribution in [0, 0.1) is 5.92 Å². The van der Waals surface area contributed by atoms with Crippen molar-refractivity contribution in [3.8, 4) is 22.1 Å². The summed E-state index contributed by atoms with van der Waals surface area (Å²) in [5.74, 6) is 0.414. The van der Waals surface area contributed by atoms with Crippen molar-refractivity contribution in [2.45, 2.75) is 19.9 Å². The van der Waals surface area contributed by atoms with Crippen LogP contribution in [0.25, 0.3) is 10.6 Å². The van der Waals surface area contributed by atoms with E-state index >= 15 is 0 Å². The van der Waals surface area contributed by atoms with Crippen LogP contribution in [-0.2, 0) is 4.79 Å². The number of methoxy groups -OCH3 is 2. The number of carbonyl (C=O) groups is 2. The van der Waals surface area contributed by atoms with Gasteiger partial charge in [-0.1, -0.05) is 43.4 Å². The molecule has 2 N–H and O–H groups in total. The predicted octanol–water partition coefficient (Wildman–Crippen LogP) is 3.62. The van der Waals surface area contributed by atoms with E-state index in [0.717, 1.165) is 5.56 Å². The van der Waals surface area contributed by atoms with Crippen LogP contribution in [-0.4, -0.2) is 42.3 Å². The van der Waals surface area contributed by atoms with Crippen molar-refractivity contribution >= 4 is 28.3 Å². The maximum Gasteiger partial charge on any atom is 0.252 e. The molecule has 1 unspecified atom stereocenters. The second kappa shape index (κ2) is 10.0. The molecule has 162 valence electrons. The molecule has 3 aromatic rings. The quantitative estimate of drug-likeness (QED) is 0.555. The highest BCUT2D eigenvalue weighted by molar-refractivity contribution is 7.18. The van der Waals surface area contributed by atoms with Gasteiger partial charge in [0.1, 0.15) is 22.5 Å². The number of benzene rings is 2. The Morgan fingerprint density at radius 2 is 1.65 bits per heavy atom. The van der Waals surface area contributed by atoms with E-state index in [2.05, 4.69) is 20.8 Å². The summed E-state index contributed by atoms with van der Waals surface area (Å²) in [6.07, 6.45) is 0. The fraction of sp³-hybridized carbons (Fsp3) is 0.273. The number of hydrogen-bond acceptors (Lipinski definition) is 7. The summed E-state index contributed by atoms with van der Waals surface area (Å²) in [6.45, 7) is 3.72. The van der Waals surface area contributed by atoms with Gasteiger partial charge < -0.3 is 14.8 Å². The van der Waals surface area contributed by atoms with E-state index in [1.54, 1.807) is 31.4 Å². The van der Waals surface area contributed by atoms with Gasteiger partial charge in [-0.05, 0) is 36.2 Å². The lowest BCUT2D eigenvalue weighted by molar-refractivity contribution is -0.118. The summed E-state index contributed by atoms with van der Waals surface area (Å²) in [5, 5.41) is 14.7. The second-order valence-corrected chi connectivity index (χ2v) is 8.04. The number of ether oxygens (including phenoxy) is 2. The smallest absolute Gasteiger partial charge is 0.252 e. The average Bonchev–Trinajstić information content (AvgIpc) is 3.25. The third kappa shape index (κ3) is 5.58. The number of carbonyl (C=O) groups excluding carboxylic acids is 2. The fourth-order valence-corrected chi connectivity index (χ4v) is 3.60. The van der Waals surface area contributed by atoms with Gasteiger partial charge in [-0.3, -0.25) is 14.9 Å². The zero-order valence-electron chi connectivity index (χ0n) is 17.7. The monoisotopic (exact) mass is 440 g/mol. The first-order valence-corrected chi connectivity index (χ1v) is 10.5. The van der Waals surface area contributed by atoms with Crippen LogP contribution in [0.15, 0.2) is 48.5 Å². The molecule has 9 heteroatoms. The highest BCUT2D eigenvalue weighted by atomic mass is 32.1. The molecule has 0 saturated carbocycles. The highest BCUT2D eigenvalue weighted by Gasteiger charge is 2.26. The summed E-state index contributed by atoms with van der Waals surface area (Å²) < 4.78 is 10.4. The molecule has 2 amide bonds. The molecule has 0 aliphatic heterocycles. The van der Waals surface area contributed by atoms with Crippen LogP contribution in [0.2, 0.25) is 0 Å². The number of aromatic nitrogens is 2. The lowest BCUT2D eigenvalue weighted by Gasteiger charge is -2.21. The summed E-state index contributed by atoms with van der Waals surface area (Å²) in [7, 11) is 3.12. The summed E-state index contributed by atoms with van der Waals surface area (Å²) in [4.78, 5) is 25.5. The van der Waals surface area contributed by atoms with E-state index in [4.69, 9.17) is 9.47 Å². The topological polar surface area (TPSA) is 102 Å². The first-order chi connectivity index (χ1) is 14.9. The van der Waals surface area contributed by atoms with Crippen molar-refractivity contribution in [2.75, 3.05) is 19.5 Å². The molecule has 0 bridgehead atoms. The zero-order chi connectivity index (χ0) is 22.4. The molecular weight excluding hydrogens is 416 g/mol. The molecule has 0 aliphatic rings. The Bertz CT molecular complexity index is 1070. The molecule has 8 nitrogen and oxygen atoms in total. The molecule has 1 atom stereocenters. The van der Waals surface area contributed by atoms with Crippen LogP contribution in [0.5, 0.6) is 11.5 Å². The fourth-order valence-electron chi connectivity index (χ4n) is 2.85. The number of nitrogens with one attached hydrogen (secondary N) is 2. The molecule has 31 heavy (non-hydrogen) atoms. The zero-order valence-corrected chi connectivity index (χ0v) is 18.5. The van der Waals surface area contributed by atoms with Gasteiger partial charge in [-0.25, -0.2) is 0 Å². The van der Waals surface area contributed by atoms with Gasteiger partial charge in [-0.15, -0.1) is 10.2 Å². The molecule has 1 heterocycles. The van der Waals surface area contributed by atoms with Crippen LogP contribution < -0.4 is 20.1 Å².